The van der Waals surface area contributed by atoms with E-state index in [1.165, 1.54) is 17.0 Å². The van der Waals surface area contributed by atoms with Gasteiger partial charge in [-0.3, -0.25) is 14.5 Å². The van der Waals surface area contributed by atoms with Gasteiger partial charge >= 0.3 is 0 Å². The molecule has 2 rings (SSSR count). The minimum atomic E-state index is -0.308. The van der Waals surface area contributed by atoms with E-state index in [1.807, 2.05) is 13.8 Å². The Balaban J connectivity index is 0.00000392. The molecule has 1 aromatic carbocycles. The van der Waals surface area contributed by atoms with Gasteiger partial charge in [-0.15, -0.1) is 24.0 Å². The number of rotatable bonds is 8. The van der Waals surface area contributed by atoms with Gasteiger partial charge in [-0.05, 0) is 44.5 Å². The van der Waals surface area contributed by atoms with Crippen LogP contribution < -0.4 is 15.4 Å². The van der Waals surface area contributed by atoms with Gasteiger partial charge in [-0.2, -0.15) is 0 Å². The first-order valence-electron chi connectivity index (χ1n) is 9.27. The Hall–Kier alpha value is -1.91. The van der Waals surface area contributed by atoms with Gasteiger partial charge in [0.05, 0.1) is 6.54 Å². The molecule has 7 nitrogen and oxygen atoms in total. The van der Waals surface area contributed by atoms with Crippen molar-refractivity contribution in [3.63, 3.8) is 0 Å². The number of ether oxygens (including phenoxy) is 1. The van der Waals surface area contributed by atoms with E-state index in [-0.39, 0.29) is 47.7 Å². The Morgan fingerprint density at radius 2 is 1.86 bits per heavy atom. The number of halogens is 2. The smallest absolute Gasteiger partial charge is 0.229 e. The van der Waals surface area contributed by atoms with Crippen LogP contribution in [-0.2, 0) is 9.59 Å². The summed E-state index contributed by atoms with van der Waals surface area (Å²) in [6.07, 6.45) is 1.30. The van der Waals surface area contributed by atoms with Crippen LogP contribution in [0.1, 0.15) is 33.1 Å². The fraction of sp³-hybridized carbons (Fsp3) is 0.526. The largest absolute Gasteiger partial charge is 0.489 e. The second-order valence-electron chi connectivity index (χ2n) is 6.32. The first kappa shape index (κ1) is 24.1. The molecule has 2 N–H and O–H groups in total. The highest BCUT2D eigenvalue weighted by molar-refractivity contribution is 14.0. The molecule has 1 unspecified atom stereocenters. The molecule has 0 aromatic heterocycles. The number of nitrogens with one attached hydrogen (secondary N) is 2. The van der Waals surface area contributed by atoms with Gasteiger partial charge in [-0.25, -0.2) is 9.38 Å². The van der Waals surface area contributed by atoms with E-state index in [0.29, 0.717) is 57.2 Å². The molecule has 1 aromatic rings. The Morgan fingerprint density at radius 1 is 1.21 bits per heavy atom. The molecule has 0 spiro atoms. The maximum Gasteiger partial charge on any atom is 0.229 e. The molecule has 0 aliphatic carbocycles. The van der Waals surface area contributed by atoms with Crippen molar-refractivity contribution < 1.29 is 18.7 Å². The highest BCUT2D eigenvalue weighted by Crippen LogP contribution is 2.13. The number of hydrogen-bond acceptors (Lipinski definition) is 4. The van der Waals surface area contributed by atoms with Crippen molar-refractivity contribution in [1.29, 1.82) is 0 Å². The molecular weight excluding hydrogens is 478 g/mol. The summed E-state index contributed by atoms with van der Waals surface area (Å²) in [6, 6.07) is 5.84. The topological polar surface area (TPSA) is 83.0 Å². The van der Waals surface area contributed by atoms with Crippen LogP contribution in [0.4, 0.5) is 4.39 Å². The predicted molar refractivity (Wildman–Crippen MR) is 116 cm³/mol. The second-order valence-corrected chi connectivity index (χ2v) is 6.32. The number of amides is 2. The van der Waals surface area contributed by atoms with Gasteiger partial charge in [0.2, 0.25) is 11.8 Å². The number of carbonyl (C=O) groups is 2. The lowest BCUT2D eigenvalue weighted by Gasteiger charge is -2.25. The lowest BCUT2D eigenvalue weighted by Crippen LogP contribution is -2.46. The van der Waals surface area contributed by atoms with Gasteiger partial charge in [0.15, 0.2) is 5.96 Å². The number of hydrogen-bond donors (Lipinski definition) is 2. The average molecular weight is 506 g/mol. The number of nitrogens with zero attached hydrogens (tertiary/aromatic N) is 2. The number of likely N-dealkylation sites (tertiary alicyclic amines) is 1. The monoisotopic (exact) mass is 506 g/mol. The fourth-order valence-corrected chi connectivity index (χ4v) is 2.68. The number of aliphatic imine (C=N–C) groups is 1. The van der Waals surface area contributed by atoms with E-state index in [0.717, 1.165) is 0 Å². The van der Waals surface area contributed by atoms with Crippen LogP contribution in [0.5, 0.6) is 5.75 Å². The van der Waals surface area contributed by atoms with Crippen molar-refractivity contribution in [3.8, 4) is 5.75 Å². The number of piperidine rings is 1. The number of carbonyl (C=O) groups excluding carboxylic acids is 2. The van der Waals surface area contributed by atoms with Crippen molar-refractivity contribution in [2.45, 2.75) is 39.2 Å². The molecular formula is C19H28FIN4O3. The SMILES string of the molecule is CCNC(=NCC(C)Oc1ccc(F)cc1)NCCN1C(=O)CCCC1=O.I. The molecule has 0 radical (unpaired) electrons. The standard InChI is InChI=1S/C19H27FN4O3.HI/c1-3-21-19(22-11-12-24-17(25)5-4-6-18(24)26)23-13-14(2)27-16-9-7-15(20)8-10-16;/h7-10,14H,3-6,11-13H2,1-2H3,(H2,21,22,23);1H. The first-order chi connectivity index (χ1) is 13.0. The molecule has 2 amide bonds. The highest BCUT2D eigenvalue weighted by atomic mass is 127. The number of benzene rings is 1. The Bertz CT molecular complexity index is 654. The van der Waals surface area contributed by atoms with Crippen molar-refractivity contribution in [2.75, 3.05) is 26.2 Å². The van der Waals surface area contributed by atoms with Crippen LogP contribution in [-0.4, -0.2) is 55.0 Å². The molecule has 9 heteroatoms. The van der Waals surface area contributed by atoms with Crippen LogP contribution in [0.25, 0.3) is 0 Å². The predicted octanol–water partition coefficient (Wildman–Crippen LogP) is 2.31. The van der Waals surface area contributed by atoms with Gasteiger partial charge in [0.25, 0.3) is 0 Å². The van der Waals surface area contributed by atoms with Crippen LogP contribution in [0.3, 0.4) is 0 Å². The zero-order valence-corrected chi connectivity index (χ0v) is 18.6. The fourth-order valence-electron chi connectivity index (χ4n) is 2.68. The van der Waals surface area contributed by atoms with E-state index in [9.17, 15) is 14.0 Å². The molecule has 1 atom stereocenters. The van der Waals surface area contributed by atoms with E-state index >= 15 is 0 Å². The lowest BCUT2D eigenvalue weighted by molar-refractivity contribution is -0.147. The molecule has 1 aliphatic rings. The maximum atomic E-state index is 12.9. The molecule has 0 saturated carbocycles. The molecule has 28 heavy (non-hydrogen) atoms. The van der Waals surface area contributed by atoms with Crippen LogP contribution >= 0.6 is 24.0 Å². The summed E-state index contributed by atoms with van der Waals surface area (Å²) >= 11 is 0. The quantitative estimate of drug-likeness (QED) is 0.245. The summed E-state index contributed by atoms with van der Waals surface area (Å²) in [5, 5.41) is 6.24. The summed E-state index contributed by atoms with van der Waals surface area (Å²) < 4.78 is 18.6. The zero-order chi connectivity index (χ0) is 19.6. The maximum absolute atomic E-state index is 12.9. The molecule has 1 heterocycles. The summed E-state index contributed by atoms with van der Waals surface area (Å²) in [5.41, 5.74) is 0. The Morgan fingerprint density at radius 3 is 2.46 bits per heavy atom. The van der Waals surface area contributed by atoms with Crippen molar-refractivity contribution in [2.24, 2.45) is 4.99 Å². The first-order valence-corrected chi connectivity index (χ1v) is 9.27. The van der Waals surface area contributed by atoms with Crippen molar-refractivity contribution in [3.05, 3.63) is 30.1 Å². The molecule has 1 fully saturated rings. The van der Waals surface area contributed by atoms with E-state index in [1.54, 1.807) is 12.1 Å². The zero-order valence-electron chi connectivity index (χ0n) is 16.2. The van der Waals surface area contributed by atoms with Crippen molar-refractivity contribution in [1.82, 2.24) is 15.5 Å². The van der Waals surface area contributed by atoms with Crippen LogP contribution in [0, 0.1) is 5.82 Å². The van der Waals surface area contributed by atoms with Crippen molar-refractivity contribution >= 4 is 41.8 Å². The number of guanidine groups is 1. The summed E-state index contributed by atoms with van der Waals surface area (Å²) in [7, 11) is 0. The molecule has 1 aliphatic heterocycles. The van der Waals surface area contributed by atoms with E-state index < -0.39 is 0 Å². The Kier molecular flexibility index (Phi) is 10.8. The molecule has 1 saturated heterocycles. The third-order valence-electron chi connectivity index (χ3n) is 4.01. The lowest BCUT2D eigenvalue weighted by atomic mass is 10.1. The minimum Gasteiger partial charge on any atom is -0.489 e. The second kappa shape index (κ2) is 12.5. The van der Waals surface area contributed by atoms with Gasteiger partial charge in [-0.1, -0.05) is 0 Å². The van der Waals surface area contributed by atoms with Gasteiger partial charge in [0, 0.05) is 32.5 Å². The number of imide groups is 1. The van der Waals surface area contributed by atoms with Gasteiger partial charge in [0.1, 0.15) is 17.7 Å². The third-order valence-corrected chi connectivity index (χ3v) is 4.01. The van der Waals surface area contributed by atoms with Gasteiger partial charge < -0.3 is 15.4 Å². The minimum absolute atomic E-state index is 0. The third kappa shape index (κ3) is 7.99. The summed E-state index contributed by atoms with van der Waals surface area (Å²) in [6.45, 7) is 5.66. The highest BCUT2D eigenvalue weighted by Gasteiger charge is 2.25. The van der Waals surface area contributed by atoms with Crippen LogP contribution in [0.2, 0.25) is 0 Å². The van der Waals surface area contributed by atoms with E-state index in [4.69, 9.17) is 4.74 Å². The van der Waals surface area contributed by atoms with Crippen LogP contribution in [0.15, 0.2) is 29.3 Å². The van der Waals surface area contributed by atoms with E-state index in [2.05, 4.69) is 15.6 Å². The Labute approximate surface area is 182 Å². The summed E-state index contributed by atoms with van der Waals surface area (Å²) in [4.78, 5) is 29.4. The summed E-state index contributed by atoms with van der Waals surface area (Å²) in [5.74, 6) is 0.632. The molecule has 156 valence electrons. The average Bonchev–Trinajstić information content (AvgIpc) is 2.64. The molecule has 0 bridgehead atoms. The normalized spacial score (nSPS) is 15.7.